The number of hydrogen-bond donors (Lipinski definition) is 2. The molecule has 2 aliphatic rings. The molecule has 2 unspecified atom stereocenters. The van der Waals surface area contributed by atoms with Crippen LogP contribution in [0.1, 0.15) is 48.0 Å². The van der Waals surface area contributed by atoms with Crippen LogP contribution in [0.4, 0.5) is 0 Å². The van der Waals surface area contributed by atoms with Crippen molar-refractivity contribution in [2.24, 2.45) is 0 Å². The van der Waals surface area contributed by atoms with Crippen molar-refractivity contribution in [3.63, 3.8) is 0 Å². The Morgan fingerprint density at radius 1 is 0.911 bits per heavy atom. The van der Waals surface area contributed by atoms with Gasteiger partial charge < -0.3 is 14.7 Å². The first-order valence-electron chi connectivity index (χ1n) is 14.9. The van der Waals surface area contributed by atoms with Crippen LogP contribution in [0.15, 0.2) is 109 Å². The highest BCUT2D eigenvalue weighted by Crippen LogP contribution is 2.57. The summed E-state index contributed by atoms with van der Waals surface area (Å²) in [7, 11) is 1.67. The summed E-state index contributed by atoms with van der Waals surface area (Å²) >= 11 is 1.76. The van der Waals surface area contributed by atoms with Gasteiger partial charge in [0, 0.05) is 4.75 Å². The van der Waals surface area contributed by atoms with E-state index in [1.807, 2.05) is 71.6 Å². The second-order valence-corrected chi connectivity index (χ2v) is 13.7. The molecule has 2 saturated heterocycles. The first-order valence-corrected chi connectivity index (χ1v) is 15.8. The molecule has 3 atom stereocenters. The van der Waals surface area contributed by atoms with E-state index in [0.717, 1.165) is 28.0 Å². The number of amides is 1. The lowest BCUT2D eigenvalue weighted by atomic mass is 9.75. The van der Waals surface area contributed by atoms with Gasteiger partial charge in [0.2, 0.25) is 5.91 Å². The van der Waals surface area contributed by atoms with Gasteiger partial charge in [0.25, 0.3) is 0 Å². The lowest BCUT2D eigenvalue weighted by Crippen LogP contribution is -2.70. The van der Waals surface area contributed by atoms with Crippen LogP contribution in [0, 0.1) is 0 Å². The molecule has 1 amide bonds. The molecular weight excluding hydrogens is 584 g/mol. The number of ether oxygens (including phenoxy) is 1. The SMILES string of the molecule is COc1cccc(C(NC2C(=O)N3C(c4nnnn4Cc4ccc(O)cc4)C(C)(C)S[C@H]23)(c2ccccc2)c2ccccc2)c1. The zero-order valence-corrected chi connectivity index (χ0v) is 26.1. The Morgan fingerprint density at radius 3 is 2.20 bits per heavy atom. The van der Waals surface area contributed by atoms with E-state index >= 15 is 0 Å². The minimum absolute atomic E-state index is 0.00129. The molecular formula is C35H34N6O3S. The zero-order chi connectivity index (χ0) is 31.2. The highest BCUT2D eigenvalue weighted by atomic mass is 32.2. The van der Waals surface area contributed by atoms with Gasteiger partial charge in [-0.3, -0.25) is 10.1 Å². The Balaban J connectivity index is 1.28. The van der Waals surface area contributed by atoms with Crippen molar-refractivity contribution in [2.45, 2.75) is 48.1 Å². The number of methoxy groups -OCH3 is 1. The highest BCUT2D eigenvalue weighted by molar-refractivity contribution is 8.01. The summed E-state index contributed by atoms with van der Waals surface area (Å²) in [6, 6.07) is 34.8. The van der Waals surface area contributed by atoms with Crippen molar-refractivity contribution in [3.8, 4) is 11.5 Å². The number of carbonyl (C=O) groups is 1. The third-order valence-corrected chi connectivity index (χ3v) is 10.4. The fourth-order valence-corrected chi connectivity index (χ4v) is 8.30. The predicted octanol–water partition coefficient (Wildman–Crippen LogP) is 5.12. The van der Waals surface area contributed by atoms with Gasteiger partial charge in [0.1, 0.15) is 29.0 Å². The van der Waals surface area contributed by atoms with E-state index in [2.05, 4.69) is 65.0 Å². The van der Waals surface area contributed by atoms with E-state index in [-0.39, 0.29) is 27.8 Å². The van der Waals surface area contributed by atoms with Gasteiger partial charge in [0.15, 0.2) is 5.82 Å². The van der Waals surface area contributed by atoms with E-state index in [0.29, 0.717) is 12.4 Å². The smallest absolute Gasteiger partial charge is 0.244 e. The van der Waals surface area contributed by atoms with Gasteiger partial charge in [-0.15, -0.1) is 16.9 Å². The summed E-state index contributed by atoms with van der Waals surface area (Å²) in [4.78, 5) is 16.3. The number of phenolic OH excluding ortho intramolecular Hbond substituents is 1. The van der Waals surface area contributed by atoms with Crippen molar-refractivity contribution in [2.75, 3.05) is 7.11 Å². The summed E-state index contributed by atoms with van der Waals surface area (Å²) in [5.41, 5.74) is 3.12. The van der Waals surface area contributed by atoms with Crippen molar-refractivity contribution < 1.29 is 14.6 Å². The summed E-state index contributed by atoms with van der Waals surface area (Å²) in [6.07, 6.45) is 0. The molecule has 7 rings (SSSR count). The van der Waals surface area contributed by atoms with Crippen molar-refractivity contribution >= 4 is 17.7 Å². The maximum Gasteiger partial charge on any atom is 0.244 e. The van der Waals surface area contributed by atoms with Crippen LogP contribution in [0.25, 0.3) is 0 Å². The number of nitrogens with one attached hydrogen (secondary N) is 1. The van der Waals surface area contributed by atoms with Gasteiger partial charge in [-0.1, -0.05) is 84.9 Å². The van der Waals surface area contributed by atoms with E-state index in [4.69, 9.17) is 4.74 Å². The van der Waals surface area contributed by atoms with Crippen LogP contribution < -0.4 is 10.1 Å². The second-order valence-electron chi connectivity index (χ2n) is 12.0. The Bertz CT molecular complexity index is 1770. The fourth-order valence-electron chi connectivity index (χ4n) is 6.67. The number of tetrazole rings is 1. The summed E-state index contributed by atoms with van der Waals surface area (Å²) in [6.45, 7) is 4.72. The number of rotatable bonds is 9. The standard InChI is InChI=1S/C35H34N6O3S/c1-34(2)30(31-37-38-39-40(31)22-23-17-19-27(42)20-18-23)41-32(43)29(33(41)45-34)36-35(24-11-6-4-7-12-24,25-13-8-5-9-14-25)26-15-10-16-28(21-26)44-3/h4-21,29-30,33,36,42H,22H2,1-3H3/t29?,30?,33-/m1/s1. The van der Waals surface area contributed by atoms with Gasteiger partial charge in [-0.2, -0.15) is 0 Å². The van der Waals surface area contributed by atoms with Crippen molar-refractivity contribution in [3.05, 3.63) is 137 Å². The molecule has 2 fully saturated rings. The Morgan fingerprint density at radius 2 is 1.56 bits per heavy atom. The van der Waals surface area contributed by atoms with Crippen LogP contribution in [0.5, 0.6) is 11.5 Å². The minimum Gasteiger partial charge on any atom is -0.508 e. The molecule has 1 aromatic heterocycles. The average molecular weight is 619 g/mol. The Kier molecular flexibility index (Phi) is 7.33. The number of phenols is 1. The molecule has 2 N–H and O–H groups in total. The molecule has 4 aromatic carbocycles. The van der Waals surface area contributed by atoms with Gasteiger partial charge in [-0.25, -0.2) is 4.68 Å². The number of aromatic nitrogens is 4. The third kappa shape index (κ3) is 4.94. The minimum atomic E-state index is -0.841. The maximum atomic E-state index is 14.4. The maximum absolute atomic E-state index is 14.4. The molecule has 9 nitrogen and oxygen atoms in total. The third-order valence-electron chi connectivity index (χ3n) is 8.80. The topological polar surface area (TPSA) is 105 Å². The molecule has 2 aliphatic heterocycles. The van der Waals surface area contributed by atoms with E-state index in [1.54, 1.807) is 35.7 Å². The number of benzene rings is 4. The molecule has 0 spiro atoms. The number of nitrogens with zero attached hydrogens (tertiary/aromatic N) is 5. The van der Waals surface area contributed by atoms with Crippen LogP contribution >= 0.6 is 11.8 Å². The Hall–Kier alpha value is -4.67. The molecule has 228 valence electrons. The highest BCUT2D eigenvalue weighted by Gasteiger charge is 2.64. The predicted molar refractivity (Wildman–Crippen MR) is 173 cm³/mol. The van der Waals surface area contributed by atoms with Crippen LogP contribution in [-0.2, 0) is 16.9 Å². The molecule has 10 heteroatoms. The summed E-state index contributed by atoms with van der Waals surface area (Å²) in [5, 5.41) is 26.2. The average Bonchev–Trinajstić information content (AvgIpc) is 3.62. The zero-order valence-electron chi connectivity index (χ0n) is 25.2. The quantitative estimate of drug-likeness (QED) is 0.173. The molecule has 5 aromatic rings. The van der Waals surface area contributed by atoms with Gasteiger partial charge in [0.05, 0.1) is 19.2 Å². The van der Waals surface area contributed by atoms with Crippen LogP contribution in [0.2, 0.25) is 0 Å². The molecule has 3 heterocycles. The number of thioether (sulfide) groups is 1. The van der Waals surface area contributed by atoms with Crippen LogP contribution in [0.3, 0.4) is 0 Å². The lowest BCUT2D eigenvalue weighted by Gasteiger charge is -2.49. The molecule has 0 aliphatic carbocycles. The van der Waals surface area contributed by atoms with E-state index in [9.17, 15) is 9.90 Å². The number of carbonyl (C=O) groups excluding carboxylic acids is 1. The first kappa shape index (κ1) is 29.1. The number of hydrogen-bond acceptors (Lipinski definition) is 8. The van der Waals surface area contributed by atoms with Gasteiger partial charge in [-0.05, 0) is 70.8 Å². The molecule has 0 radical (unpaired) electrons. The van der Waals surface area contributed by atoms with E-state index < -0.39 is 11.6 Å². The molecule has 0 saturated carbocycles. The van der Waals surface area contributed by atoms with Gasteiger partial charge >= 0.3 is 0 Å². The van der Waals surface area contributed by atoms with Crippen molar-refractivity contribution in [1.82, 2.24) is 30.4 Å². The largest absolute Gasteiger partial charge is 0.508 e. The number of fused-ring (bicyclic) bond motifs is 1. The normalized spacial score (nSPS) is 20.5. The van der Waals surface area contributed by atoms with Crippen molar-refractivity contribution in [1.29, 1.82) is 0 Å². The van der Waals surface area contributed by atoms with Crippen LogP contribution in [-0.4, -0.2) is 59.4 Å². The lowest BCUT2D eigenvalue weighted by molar-refractivity contribution is -0.150. The molecule has 45 heavy (non-hydrogen) atoms. The fraction of sp³-hybridized carbons (Fsp3) is 0.257. The number of aromatic hydroxyl groups is 1. The second kappa shape index (κ2) is 11.4. The first-order chi connectivity index (χ1) is 21.8. The summed E-state index contributed by atoms with van der Waals surface area (Å²) in [5.74, 6) is 1.58. The Labute approximate surface area is 266 Å². The number of β-lactam (4-membered cyclic amide) rings is 1. The molecule has 0 bridgehead atoms. The summed E-state index contributed by atoms with van der Waals surface area (Å²) < 4.78 is 7.05. The monoisotopic (exact) mass is 618 g/mol. The van der Waals surface area contributed by atoms with E-state index in [1.165, 1.54) is 0 Å².